The predicted octanol–water partition coefficient (Wildman–Crippen LogP) is 2.43. The second kappa shape index (κ2) is 4.77. The van der Waals surface area contributed by atoms with Crippen LogP contribution in [0.1, 0.15) is 24.2 Å². The Morgan fingerprint density at radius 3 is 2.40 bits per heavy atom. The lowest BCUT2D eigenvalue weighted by Gasteiger charge is -2.45. The summed E-state index contributed by atoms with van der Waals surface area (Å²) in [5.41, 5.74) is 1.35. The van der Waals surface area contributed by atoms with Gasteiger partial charge in [0.05, 0.1) is 24.0 Å². The molecule has 1 aromatic carbocycles. The maximum atomic E-state index is 12.4. The third-order valence-corrected chi connectivity index (χ3v) is 4.51. The number of esters is 1. The summed E-state index contributed by atoms with van der Waals surface area (Å²) in [6.45, 7) is 3.74. The molecule has 1 amide bonds. The van der Waals surface area contributed by atoms with E-state index in [1.165, 1.54) is 7.11 Å². The molecule has 0 saturated carbocycles. The van der Waals surface area contributed by atoms with Crippen molar-refractivity contribution in [1.82, 2.24) is 0 Å². The second-order valence-corrected chi connectivity index (χ2v) is 6.15. The van der Waals surface area contributed by atoms with Crippen molar-refractivity contribution in [2.45, 2.75) is 19.4 Å². The number of hydrogen-bond donors (Lipinski definition) is 0. The minimum absolute atomic E-state index is 0.0226. The number of ether oxygens (including phenoxy) is 1. The predicted molar refractivity (Wildman–Crippen MR) is 81.4 cm³/mol. The lowest BCUT2D eigenvalue weighted by atomic mass is 9.95. The molecule has 5 nitrogen and oxygen atoms in total. The van der Waals surface area contributed by atoms with Gasteiger partial charge in [-0.15, -0.1) is 0 Å². The first-order valence-electron chi connectivity index (χ1n) is 6.15. The second-order valence-electron chi connectivity index (χ2n) is 5.29. The molecule has 0 fully saturated rings. The van der Waals surface area contributed by atoms with E-state index in [4.69, 9.17) is 4.74 Å². The smallest absolute Gasteiger partial charge is 0.339 e. The SMILES string of the molecule is COC(=O)c1cc2c(cc1Br)N(C)C(C)(C)C(=O)N2C. The molecule has 0 N–H and O–H groups in total. The number of rotatable bonds is 1. The van der Waals surface area contributed by atoms with E-state index in [0.717, 1.165) is 5.69 Å². The summed E-state index contributed by atoms with van der Waals surface area (Å²) in [5, 5.41) is 0. The summed E-state index contributed by atoms with van der Waals surface area (Å²) in [6.07, 6.45) is 0. The van der Waals surface area contributed by atoms with Gasteiger partial charge in [0.1, 0.15) is 5.54 Å². The van der Waals surface area contributed by atoms with Gasteiger partial charge in [0.15, 0.2) is 0 Å². The lowest BCUT2D eigenvalue weighted by molar-refractivity contribution is -0.122. The van der Waals surface area contributed by atoms with Crippen LogP contribution in [0.4, 0.5) is 11.4 Å². The van der Waals surface area contributed by atoms with Gasteiger partial charge in [0.25, 0.3) is 5.91 Å². The van der Waals surface area contributed by atoms with Crippen LogP contribution in [0.3, 0.4) is 0 Å². The zero-order valence-electron chi connectivity index (χ0n) is 12.2. The van der Waals surface area contributed by atoms with Gasteiger partial charge in [-0.1, -0.05) is 0 Å². The van der Waals surface area contributed by atoms with Crippen molar-refractivity contribution in [2.24, 2.45) is 0 Å². The van der Waals surface area contributed by atoms with Crippen LogP contribution in [-0.4, -0.2) is 38.6 Å². The molecule has 1 aliphatic heterocycles. The fraction of sp³-hybridized carbons (Fsp3) is 0.429. The number of nitrogens with zero attached hydrogens (tertiary/aromatic N) is 2. The molecule has 6 heteroatoms. The van der Waals surface area contributed by atoms with Crippen LogP contribution in [0.2, 0.25) is 0 Å². The van der Waals surface area contributed by atoms with Crippen LogP contribution in [0.15, 0.2) is 16.6 Å². The maximum Gasteiger partial charge on any atom is 0.339 e. The van der Waals surface area contributed by atoms with Crippen molar-refractivity contribution in [1.29, 1.82) is 0 Å². The summed E-state index contributed by atoms with van der Waals surface area (Å²) < 4.78 is 5.40. The normalized spacial score (nSPS) is 17.0. The van der Waals surface area contributed by atoms with E-state index in [1.807, 2.05) is 31.9 Å². The first kappa shape index (κ1) is 14.8. The van der Waals surface area contributed by atoms with E-state index in [0.29, 0.717) is 15.7 Å². The fourth-order valence-corrected chi connectivity index (χ4v) is 2.81. The Kier molecular flexibility index (Phi) is 3.54. The van der Waals surface area contributed by atoms with Crippen molar-refractivity contribution < 1.29 is 14.3 Å². The molecular weight excluding hydrogens is 324 g/mol. The number of likely N-dealkylation sites (N-methyl/N-ethyl adjacent to an activating group) is 2. The van der Waals surface area contributed by atoms with Crippen LogP contribution >= 0.6 is 15.9 Å². The van der Waals surface area contributed by atoms with Gasteiger partial charge >= 0.3 is 5.97 Å². The highest BCUT2D eigenvalue weighted by Gasteiger charge is 2.41. The van der Waals surface area contributed by atoms with Crippen LogP contribution in [0.5, 0.6) is 0 Å². The minimum Gasteiger partial charge on any atom is -0.465 e. The molecular formula is C14H17BrN2O3. The van der Waals surface area contributed by atoms with Crippen molar-refractivity contribution in [2.75, 3.05) is 31.0 Å². The maximum absolute atomic E-state index is 12.4. The number of fused-ring (bicyclic) bond motifs is 1. The van der Waals surface area contributed by atoms with E-state index in [2.05, 4.69) is 15.9 Å². The number of amides is 1. The van der Waals surface area contributed by atoms with Crippen LogP contribution < -0.4 is 9.80 Å². The summed E-state index contributed by atoms with van der Waals surface area (Å²) in [7, 11) is 4.91. The van der Waals surface area contributed by atoms with Crippen molar-refractivity contribution >= 4 is 39.2 Å². The largest absolute Gasteiger partial charge is 0.465 e. The van der Waals surface area contributed by atoms with Crippen LogP contribution in [0, 0.1) is 0 Å². The molecule has 1 aliphatic rings. The molecule has 108 valence electrons. The van der Waals surface area contributed by atoms with Gasteiger partial charge < -0.3 is 14.5 Å². The highest BCUT2D eigenvalue weighted by atomic mass is 79.9. The Morgan fingerprint density at radius 2 is 1.85 bits per heavy atom. The van der Waals surface area contributed by atoms with E-state index >= 15 is 0 Å². The average Bonchev–Trinajstić information content (AvgIpc) is 2.42. The number of carbonyl (C=O) groups excluding carboxylic acids is 2. The highest BCUT2D eigenvalue weighted by Crippen LogP contribution is 2.41. The number of methoxy groups -OCH3 is 1. The molecule has 0 aliphatic carbocycles. The van der Waals surface area contributed by atoms with E-state index in [1.54, 1.807) is 18.0 Å². The summed E-state index contributed by atoms with van der Waals surface area (Å²) in [5.74, 6) is -0.460. The fourth-order valence-electron chi connectivity index (χ4n) is 2.32. The number of carbonyl (C=O) groups is 2. The van der Waals surface area contributed by atoms with Gasteiger partial charge in [0.2, 0.25) is 0 Å². The molecule has 0 atom stereocenters. The summed E-state index contributed by atoms with van der Waals surface area (Å²) in [6, 6.07) is 3.52. The molecule has 2 rings (SSSR count). The number of benzene rings is 1. The zero-order chi connectivity index (χ0) is 15.2. The van der Waals surface area contributed by atoms with Gasteiger partial charge in [-0.25, -0.2) is 4.79 Å². The minimum atomic E-state index is -0.631. The first-order chi connectivity index (χ1) is 9.21. The Morgan fingerprint density at radius 1 is 1.25 bits per heavy atom. The van der Waals surface area contributed by atoms with Crippen LogP contribution in [0.25, 0.3) is 0 Å². The number of hydrogen-bond acceptors (Lipinski definition) is 4. The van der Waals surface area contributed by atoms with E-state index < -0.39 is 11.5 Å². The Balaban J connectivity index is 2.67. The lowest BCUT2D eigenvalue weighted by Crippen LogP contribution is -2.57. The van der Waals surface area contributed by atoms with Gasteiger partial charge in [-0.2, -0.15) is 0 Å². The third kappa shape index (κ3) is 1.98. The molecule has 0 saturated heterocycles. The standard InChI is InChI=1S/C14H17BrN2O3/c1-14(2)13(19)16(3)10-6-8(12(18)20-5)9(15)7-11(10)17(14)4/h6-7H,1-5H3. The Hall–Kier alpha value is -1.56. The monoisotopic (exact) mass is 340 g/mol. The van der Waals surface area contributed by atoms with E-state index in [-0.39, 0.29) is 5.91 Å². The summed E-state index contributed by atoms with van der Waals surface area (Å²) >= 11 is 3.39. The zero-order valence-corrected chi connectivity index (χ0v) is 13.7. The molecule has 0 spiro atoms. The average molecular weight is 341 g/mol. The molecule has 1 aromatic rings. The summed E-state index contributed by atoms with van der Waals surface area (Å²) in [4.78, 5) is 27.7. The Labute approximate surface area is 126 Å². The molecule has 0 aromatic heterocycles. The number of anilines is 2. The molecule has 0 bridgehead atoms. The Bertz CT molecular complexity index is 598. The number of halogens is 1. The molecule has 0 unspecified atom stereocenters. The molecule has 20 heavy (non-hydrogen) atoms. The quantitative estimate of drug-likeness (QED) is 0.736. The van der Waals surface area contributed by atoms with Crippen molar-refractivity contribution in [3.05, 3.63) is 22.2 Å². The van der Waals surface area contributed by atoms with Gasteiger partial charge in [-0.3, -0.25) is 4.79 Å². The highest BCUT2D eigenvalue weighted by molar-refractivity contribution is 9.10. The molecule has 1 heterocycles. The van der Waals surface area contributed by atoms with Crippen molar-refractivity contribution in [3.8, 4) is 0 Å². The third-order valence-electron chi connectivity index (χ3n) is 3.86. The van der Waals surface area contributed by atoms with Crippen molar-refractivity contribution in [3.63, 3.8) is 0 Å². The van der Waals surface area contributed by atoms with Crippen LogP contribution in [-0.2, 0) is 9.53 Å². The van der Waals surface area contributed by atoms with E-state index in [9.17, 15) is 9.59 Å². The van der Waals surface area contributed by atoms with Gasteiger partial charge in [0, 0.05) is 18.6 Å². The molecule has 0 radical (unpaired) electrons. The topological polar surface area (TPSA) is 49.9 Å². The first-order valence-corrected chi connectivity index (χ1v) is 6.95. The van der Waals surface area contributed by atoms with Gasteiger partial charge in [-0.05, 0) is 41.9 Å².